The van der Waals surface area contributed by atoms with Crippen molar-refractivity contribution >= 4 is 28.1 Å². The van der Waals surface area contributed by atoms with Gasteiger partial charge in [-0.25, -0.2) is 9.89 Å². The predicted molar refractivity (Wildman–Crippen MR) is 89.1 cm³/mol. The first kappa shape index (κ1) is 15.2. The first-order chi connectivity index (χ1) is 12.2. The highest BCUT2D eigenvalue weighted by Gasteiger charge is 2.17. The van der Waals surface area contributed by atoms with Crippen molar-refractivity contribution in [2.75, 3.05) is 0 Å². The molecule has 0 aliphatic heterocycles. The van der Waals surface area contributed by atoms with E-state index in [-0.39, 0.29) is 23.8 Å². The maximum atomic E-state index is 12.3. The Balaban J connectivity index is 1.54. The normalized spacial score (nSPS) is 10.9. The van der Waals surface area contributed by atoms with E-state index in [1.54, 1.807) is 24.3 Å². The number of nitrogens with zero attached hydrogens (tertiary/aromatic N) is 3. The number of nitrogens with one attached hydrogen (secondary N) is 1. The number of benzene rings is 1. The summed E-state index contributed by atoms with van der Waals surface area (Å²) >= 11 is 1.47. The molecule has 0 saturated heterocycles. The van der Waals surface area contributed by atoms with Gasteiger partial charge in [0.05, 0.1) is 10.3 Å². The molecule has 9 heteroatoms. The van der Waals surface area contributed by atoms with Gasteiger partial charge in [0.15, 0.2) is 12.3 Å². The molecule has 0 saturated carbocycles. The minimum Gasteiger partial charge on any atom is -0.451 e. The Morgan fingerprint density at radius 1 is 1.16 bits per heavy atom. The van der Waals surface area contributed by atoms with Gasteiger partial charge >= 0.3 is 5.97 Å². The maximum Gasteiger partial charge on any atom is 0.359 e. The minimum absolute atomic E-state index is 0.0215. The number of aromatic amines is 1. The third kappa shape index (κ3) is 2.92. The molecule has 8 nitrogen and oxygen atoms in total. The molecule has 3 heterocycles. The second-order valence-electron chi connectivity index (χ2n) is 5.00. The molecule has 0 spiro atoms. The largest absolute Gasteiger partial charge is 0.451 e. The first-order valence-corrected chi connectivity index (χ1v) is 8.11. The first-order valence-electron chi connectivity index (χ1n) is 7.23. The Bertz CT molecular complexity index is 1100. The van der Waals surface area contributed by atoms with E-state index in [9.17, 15) is 9.59 Å². The molecule has 124 valence electrons. The van der Waals surface area contributed by atoms with Gasteiger partial charge in [-0.05, 0) is 17.5 Å². The Kier molecular flexibility index (Phi) is 3.82. The third-order valence-electron chi connectivity index (χ3n) is 3.41. The summed E-state index contributed by atoms with van der Waals surface area (Å²) in [5.74, 6) is -0.150. The second-order valence-corrected chi connectivity index (χ2v) is 5.95. The number of hydrogen-bond donors (Lipinski definition) is 1. The highest BCUT2D eigenvalue weighted by Crippen LogP contribution is 2.23. The van der Waals surface area contributed by atoms with Gasteiger partial charge in [-0.15, -0.1) is 21.5 Å². The number of aromatic nitrogens is 4. The Hall–Kier alpha value is -3.33. The molecule has 4 rings (SSSR count). The Labute approximate surface area is 144 Å². The van der Waals surface area contributed by atoms with Crippen LogP contribution in [0, 0.1) is 0 Å². The molecule has 0 amide bonds. The van der Waals surface area contributed by atoms with E-state index >= 15 is 0 Å². The van der Waals surface area contributed by atoms with Gasteiger partial charge in [0.1, 0.15) is 0 Å². The predicted octanol–water partition coefficient (Wildman–Crippen LogP) is 2.39. The van der Waals surface area contributed by atoms with E-state index in [4.69, 9.17) is 9.15 Å². The van der Waals surface area contributed by atoms with Crippen LogP contribution in [-0.4, -0.2) is 26.4 Å². The average Bonchev–Trinajstić information content (AvgIpc) is 3.32. The molecular formula is C16H10N4O4S. The van der Waals surface area contributed by atoms with Crippen LogP contribution in [0.4, 0.5) is 0 Å². The monoisotopic (exact) mass is 354 g/mol. The van der Waals surface area contributed by atoms with Crippen molar-refractivity contribution in [2.24, 2.45) is 0 Å². The number of carbonyl (C=O) groups is 1. The lowest BCUT2D eigenvalue weighted by Crippen LogP contribution is -2.16. The number of ether oxygens (including phenoxy) is 1. The molecule has 0 aliphatic carbocycles. The molecule has 0 radical (unpaired) electrons. The zero-order valence-electron chi connectivity index (χ0n) is 12.6. The van der Waals surface area contributed by atoms with Crippen molar-refractivity contribution in [2.45, 2.75) is 6.61 Å². The van der Waals surface area contributed by atoms with Crippen molar-refractivity contribution in [3.8, 4) is 10.8 Å². The van der Waals surface area contributed by atoms with Crippen molar-refractivity contribution in [3.63, 3.8) is 0 Å². The molecule has 4 aromatic rings. The lowest BCUT2D eigenvalue weighted by molar-refractivity contribution is 0.0433. The summed E-state index contributed by atoms with van der Waals surface area (Å²) in [4.78, 5) is 24.9. The highest BCUT2D eigenvalue weighted by atomic mass is 32.1. The summed E-state index contributed by atoms with van der Waals surface area (Å²) in [6, 6.07) is 10.4. The van der Waals surface area contributed by atoms with Crippen LogP contribution < -0.4 is 5.56 Å². The zero-order chi connectivity index (χ0) is 17.2. The number of thiophene rings is 1. The quantitative estimate of drug-likeness (QED) is 0.560. The number of hydrogen-bond acceptors (Lipinski definition) is 8. The van der Waals surface area contributed by atoms with E-state index in [1.165, 1.54) is 11.3 Å². The molecule has 0 bridgehead atoms. The summed E-state index contributed by atoms with van der Waals surface area (Å²) in [5.41, 5.74) is -0.349. The van der Waals surface area contributed by atoms with Crippen LogP contribution >= 0.6 is 11.3 Å². The molecule has 0 aliphatic rings. The Morgan fingerprint density at radius 3 is 2.80 bits per heavy atom. The van der Waals surface area contributed by atoms with Gasteiger partial charge in [-0.1, -0.05) is 24.3 Å². The van der Waals surface area contributed by atoms with Crippen molar-refractivity contribution in [1.82, 2.24) is 20.4 Å². The van der Waals surface area contributed by atoms with Gasteiger partial charge in [0.25, 0.3) is 17.3 Å². The van der Waals surface area contributed by atoms with Crippen LogP contribution in [0.2, 0.25) is 0 Å². The second kappa shape index (κ2) is 6.29. The van der Waals surface area contributed by atoms with Gasteiger partial charge in [-0.3, -0.25) is 4.79 Å². The van der Waals surface area contributed by atoms with Crippen LogP contribution in [0.1, 0.15) is 16.4 Å². The molecular weight excluding hydrogens is 344 g/mol. The van der Waals surface area contributed by atoms with Crippen molar-refractivity contribution < 1.29 is 13.9 Å². The summed E-state index contributed by atoms with van der Waals surface area (Å²) in [6.07, 6.45) is 0. The fourth-order valence-corrected chi connectivity index (χ4v) is 2.92. The summed E-state index contributed by atoms with van der Waals surface area (Å²) in [6.45, 7) is -0.188. The minimum atomic E-state index is -0.691. The van der Waals surface area contributed by atoms with Crippen LogP contribution in [0.25, 0.3) is 21.5 Å². The Morgan fingerprint density at radius 2 is 2.00 bits per heavy atom. The summed E-state index contributed by atoms with van der Waals surface area (Å²) in [7, 11) is 0. The lowest BCUT2D eigenvalue weighted by Gasteiger charge is -2.04. The summed E-state index contributed by atoms with van der Waals surface area (Å²) < 4.78 is 10.6. The van der Waals surface area contributed by atoms with Gasteiger partial charge in [-0.2, -0.15) is 5.10 Å². The molecule has 25 heavy (non-hydrogen) atoms. The van der Waals surface area contributed by atoms with E-state index in [1.807, 2.05) is 17.5 Å². The topological polar surface area (TPSA) is 111 Å². The molecule has 1 aromatic carbocycles. The average molecular weight is 354 g/mol. The van der Waals surface area contributed by atoms with Gasteiger partial charge in [0.2, 0.25) is 0 Å². The molecule has 0 atom stereocenters. The van der Waals surface area contributed by atoms with Crippen molar-refractivity contribution in [1.29, 1.82) is 0 Å². The fourth-order valence-electron chi connectivity index (χ4n) is 2.28. The molecule has 0 unspecified atom stereocenters. The van der Waals surface area contributed by atoms with Crippen LogP contribution in [0.3, 0.4) is 0 Å². The highest BCUT2D eigenvalue weighted by molar-refractivity contribution is 7.13. The van der Waals surface area contributed by atoms with Crippen LogP contribution in [-0.2, 0) is 11.3 Å². The van der Waals surface area contributed by atoms with Crippen LogP contribution in [0.15, 0.2) is 51.0 Å². The number of fused-ring (bicyclic) bond motifs is 1. The zero-order valence-corrected chi connectivity index (χ0v) is 13.4. The lowest BCUT2D eigenvalue weighted by atomic mass is 10.1. The van der Waals surface area contributed by atoms with Crippen LogP contribution in [0.5, 0.6) is 0 Å². The third-order valence-corrected chi connectivity index (χ3v) is 4.27. The molecule has 3 aromatic heterocycles. The van der Waals surface area contributed by atoms with Crippen molar-refractivity contribution in [3.05, 3.63) is 63.7 Å². The SMILES string of the molecule is O=C(OCc1nnc(-c2cccs2)o1)c1n[nH]c(=O)c2ccccc12. The van der Waals surface area contributed by atoms with E-state index in [0.717, 1.165) is 4.88 Å². The summed E-state index contributed by atoms with van der Waals surface area (Å²) in [5, 5.41) is 16.5. The smallest absolute Gasteiger partial charge is 0.359 e. The number of esters is 1. The number of carbonyl (C=O) groups excluding carboxylic acids is 1. The number of rotatable bonds is 4. The molecule has 1 N–H and O–H groups in total. The van der Waals surface area contributed by atoms with E-state index < -0.39 is 5.97 Å². The van der Waals surface area contributed by atoms with Gasteiger partial charge in [0, 0.05) is 5.39 Å². The number of H-pyrrole nitrogens is 1. The van der Waals surface area contributed by atoms with E-state index in [2.05, 4.69) is 20.4 Å². The standard InChI is InChI=1S/C16H10N4O4S/c21-14-10-5-2-1-4-9(10)13(18-19-14)16(22)23-8-12-17-20-15(24-12)11-6-3-7-25-11/h1-7H,8H2,(H,19,21). The maximum absolute atomic E-state index is 12.3. The fraction of sp³-hybridized carbons (Fsp3) is 0.0625. The van der Waals surface area contributed by atoms with E-state index in [0.29, 0.717) is 16.7 Å². The molecule has 0 fully saturated rings. The van der Waals surface area contributed by atoms with Gasteiger partial charge < -0.3 is 9.15 Å².